The second-order valence-electron chi connectivity index (χ2n) is 3.75. The van der Waals surface area contributed by atoms with Gasteiger partial charge in [0, 0.05) is 15.4 Å². The van der Waals surface area contributed by atoms with Gasteiger partial charge in [-0.15, -0.1) is 0 Å². The summed E-state index contributed by atoms with van der Waals surface area (Å²) < 4.78 is 0.597. The van der Waals surface area contributed by atoms with Crippen LogP contribution >= 0.6 is 15.9 Å². The van der Waals surface area contributed by atoms with Crippen LogP contribution in [0.25, 0.3) is 10.9 Å². The molecule has 0 aliphatic rings. The van der Waals surface area contributed by atoms with Gasteiger partial charge in [-0.3, -0.25) is 4.79 Å². The average molecular weight is 307 g/mol. The van der Waals surface area contributed by atoms with E-state index in [-0.39, 0.29) is 27.8 Å². The lowest BCUT2D eigenvalue weighted by molar-refractivity contribution is 0.0690. The topological polar surface area (TPSA) is 93.9 Å². The molecule has 2 aromatic rings. The Morgan fingerprint density at radius 2 is 2.17 bits per heavy atom. The minimum Gasteiger partial charge on any atom is -0.477 e. The number of carboxylic acids is 1. The lowest BCUT2D eigenvalue weighted by Gasteiger charge is -2.06. The molecule has 0 saturated carbocycles. The van der Waals surface area contributed by atoms with Crippen LogP contribution in [-0.2, 0) is 0 Å². The monoisotopic (exact) mass is 306 g/mol. The normalized spacial score (nSPS) is 10.3. The van der Waals surface area contributed by atoms with E-state index in [0.717, 1.165) is 0 Å². The molecule has 1 aromatic heterocycles. The zero-order valence-corrected chi connectivity index (χ0v) is 10.8. The number of aromatic carboxylic acids is 1. The second kappa shape index (κ2) is 4.27. The van der Waals surface area contributed by atoms with Gasteiger partial charge < -0.3 is 10.1 Å². The lowest BCUT2D eigenvalue weighted by atomic mass is 10.1. The summed E-state index contributed by atoms with van der Waals surface area (Å²) in [6.45, 7) is 1.44. The van der Waals surface area contributed by atoms with Gasteiger partial charge in [0.05, 0.1) is 11.1 Å². The maximum absolute atomic E-state index is 12.1. The van der Waals surface area contributed by atoms with Gasteiger partial charge in [0.2, 0.25) is 0 Å². The molecule has 5 nitrogen and oxygen atoms in total. The van der Waals surface area contributed by atoms with Crippen LogP contribution in [0.2, 0.25) is 0 Å². The summed E-state index contributed by atoms with van der Waals surface area (Å²) in [7, 11) is 0. The standard InChI is InChI=1S/C12H7BrN2O3/c1-5-9(12(17)18)15-10-6(4-14)2-7(13)3-8(10)11(5)16/h2-3H,1H3,(H,15,16)(H,17,18). The van der Waals surface area contributed by atoms with Gasteiger partial charge in [-0.1, -0.05) is 15.9 Å². The molecular weight excluding hydrogens is 300 g/mol. The molecule has 1 heterocycles. The molecule has 0 aliphatic carbocycles. The van der Waals surface area contributed by atoms with Crippen molar-refractivity contribution in [3.8, 4) is 6.07 Å². The number of benzene rings is 1. The molecule has 0 amide bonds. The summed E-state index contributed by atoms with van der Waals surface area (Å²) in [5.74, 6) is -1.22. The quantitative estimate of drug-likeness (QED) is 0.844. The van der Waals surface area contributed by atoms with Gasteiger partial charge in [0.25, 0.3) is 0 Å². The third-order valence-corrected chi connectivity index (χ3v) is 3.11. The fourth-order valence-electron chi connectivity index (χ4n) is 1.76. The first-order valence-corrected chi connectivity index (χ1v) is 5.74. The first-order valence-electron chi connectivity index (χ1n) is 4.95. The van der Waals surface area contributed by atoms with Crippen molar-refractivity contribution in [1.29, 1.82) is 5.26 Å². The Morgan fingerprint density at radius 1 is 1.50 bits per heavy atom. The Balaban J connectivity index is 3.06. The van der Waals surface area contributed by atoms with E-state index in [1.54, 1.807) is 6.07 Å². The highest BCUT2D eigenvalue weighted by atomic mass is 79.9. The highest BCUT2D eigenvalue weighted by Gasteiger charge is 2.16. The Labute approximate surface area is 110 Å². The highest BCUT2D eigenvalue weighted by molar-refractivity contribution is 9.10. The minimum absolute atomic E-state index is 0.122. The van der Waals surface area contributed by atoms with Gasteiger partial charge in [0.1, 0.15) is 11.8 Å². The maximum Gasteiger partial charge on any atom is 0.352 e. The number of H-pyrrole nitrogens is 1. The molecule has 0 bridgehead atoms. The zero-order valence-electron chi connectivity index (χ0n) is 9.24. The molecule has 0 aliphatic heterocycles. The van der Waals surface area contributed by atoms with Crippen LogP contribution in [0.1, 0.15) is 21.6 Å². The number of hydrogen-bond donors (Lipinski definition) is 2. The number of aromatic nitrogens is 1. The minimum atomic E-state index is -1.22. The average Bonchev–Trinajstić information content (AvgIpc) is 2.32. The van der Waals surface area contributed by atoms with E-state index in [1.807, 2.05) is 6.07 Å². The molecule has 0 fully saturated rings. The van der Waals surface area contributed by atoms with Crippen molar-refractivity contribution < 1.29 is 9.90 Å². The van der Waals surface area contributed by atoms with Crippen molar-refractivity contribution >= 4 is 32.8 Å². The van der Waals surface area contributed by atoms with E-state index in [0.29, 0.717) is 9.86 Å². The smallest absolute Gasteiger partial charge is 0.352 e. The van der Waals surface area contributed by atoms with Crippen LogP contribution < -0.4 is 5.43 Å². The number of carboxylic acid groups (broad SMARTS) is 1. The van der Waals surface area contributed by atoms with Gasteiger partial charge in [-0.05, 0) is 19.1 Å². The van der Waals surface area contributed by atoms with Crippen LogP contribution in [-0.4, -0.2) is 16.1 Å². The summed E-state index contributed by atoms with van der Waals surface area (Å²) in [4.78, 5) is 25.7. The zero-order chi connectivity index (χ0) is 13.4. The number of nitrogens with zero attached hydrogens (tertiary/aromatic N) is 1. The number of nitriles is 1. The number of carbonyl (C=O) groups is 1. The first kappa shape index (κ1) is 12.3. The molecule has 6 heteroatoms. The lowest BCUT2D eigenvalue weighted by Crippen LogP contribution is -2.15. The predicted octanol–water partition coefficient (Wildman–Crippen LogP) is 2.17. The predicted molar refractivity (Wildman–Crippen MR) is 68.7 cm³/mol. The number of nitrogens with one attached hydrogen (secondary N) is 1. The van der Waals surface area contributed by atoms with Crippen LogP contribution in [0.3, 0.4) is 0 Å². The third kappa shape index (κ3) is 1.79. The highest BCUT2D eigenvalue weighted by Crippen LogP contribution is 2.21. The SMILES string of the molecule is Cc1c(C(=O)O)[nH]c2c(C#N)cc(Br)cc2c1=O. The molecule has 0 radical (unpaired) electrons. The van der Waals surface area contributed by atoms with Crippen LogP contribution in [0, 0.1) is 18.3 Å². The first-order chi connectivity index (χ1) is 8.45. The van der Waals surface area contributed by atoms with E-state index in [4.69, 9.17) is 10.4 Å². The van der Waals surface area contributed by atoms with Crippen molar-refractivity contribution in [2.75, 3.05) is 0 Å². The number of fused-ring (bicyclic) bond motifs is 1. The van der Waals surface area contributed by atoms with Crippen molar-refractivity contribution in [2.45, 2.75) is 6.92 Å². The molecule has 90 valence electrons. The molecule has 2 N–H and O–H groups in total. The second-order valence-corrected chi connectivity index (χ2v) is 4.66. The van der Waals surface area contributed by atoms with Gasteiger partial charge in [-0.2, -0.15) is 5.26 Å². The van der Waals surface area contributed by atoms with E-state index in [1.165, 1.54) is 13.0 Å². The Bertz CT molecular complexity index is 771. The van der Waals surface area contributed by atoms with Crippen molar-refractivity contribution in [3.63, 3.8) is 0 Å². The third-order valence-electron chi connectivity index (χ3n) is 2.65. The summed E-state index contributed by atoms with van der Waals surface area (Å²) in [5, 5.41) is 18.3. The number of aromatic amines is 1. The van der Waals surface area contributed by atoms with Crippen molar-refractivity contribution in [1.82, 2.24) is 4.98 Å². The number of rotatable bonds is 1. The Hall–Kier alpha value is -2.13. The maximum atomic E-state index is 12.1. The van der Waals surface area contributed by atoms with Crippen molar-refractivity contribution in [3.05, 3.63) is 43.6 Å². The van der Waals surface area contributed by atoms with E-state index < -0.39 is 5.97 Å². The molecule has 0 saturated heterocycles. The fraction of sp³-hybridized carbons (Fsp3) is 0.0833. The summed E-state index contributed by atoms with van der Waals surface area (Å²) in [6, 6.07) is 5.02. The molecule has 1 aromatic carbocycles. The van der Waals surface area contributed by atoms with Crippen LogP contribution in [0.4, 0.5) is 0 Å². The summed E-state index contributed by atoms with van der Waals surface area (Å²) >= 11 is 3.21. The molecule has 0 atom stereocenters. The molecular formula is C12H7BrN2O3. The van der Waals surface area contributed by atoms with Gasteiger partial charge >= 0.3 is 5.97 Å². The fourth-order valence-corrected chi connectivity index (χ4v) is 2.21. The molecule has 2 rings (SSSR count). The number of pyridine rings is 1. The van der Waals surface area contributed by atoms with E-state index in [2.05, 4.69) is 20.9 Å². The largest absolute Gasteiger partial charge is 0.477 e. The van der Waals surface area contributed by atoms with E-state index in [9.17, 15) is 9.59 Å². The Kier molecular flexibility index (Phi) is 2.93. The Morgan fingerprint density at radius 3 is 2.72 bits per heavy atom. The van der Waals surface area contributed by atoms with E-state index >= 15 is 0 Å². The van der Waals surface area contributed by atoms with Crippen LogP contribution in [0.15, 0.2) is 21.4 Å². The van der Waals surface area contributed by atoms with Gasteiger partial charge in [0.15, 0.2) is 5.43 Å². The molecule has 0 unspecified atom stereocenters. The number of hydrogen-bond acceptors (Lipinski definition) is 3. The molecule has 18 heavy (non-hydrogen) atoms. The molecule has 0 spiro atoms. The summed E-state index contributed by atoms with van der Waals surface area (Å²) in [5.41, 5.74) is 0.00920. The van der Waals surface area contributed by atoms with Gasteiger partial charge in [-0.25, -0.2) is 4.79 Å². The van der Waals surface area contributed by atoms with Crippen LogP contribution in [0.5, 0.6) is 0 Å². The van der Waals surface area contributed by atoms with Crippen molar-refractivity contribution in [2.24, 2.45) is 0 Å². The summed E-state index contributed by atoms with van der Waals surface area (Å²) in [6.07, 6.45) is 0. The number of halogens is 1.